The lowest BCUT2D eigenvalue weighted by atomic mass is 10.2. The first kappa shape index (κ1) is 19.8. The van der Waals surface area contributed by atoms with Crippen molar-refractivity contribution in [2.24, 2.45) is 0 Å². The molecule has 0 bridgehead atoms. The van der Waals surface area contributed by atoms with Gasteiger partial charge < -0.3 is 9.26 Å². The van der Waals surface area contributed by atoms with Crippen molar-refractivity contribution in [3.63, 3.8) is 0 Å². The van der Waals surface area contributed by atoms with Crippen LogP contribution in [0.15, 0.2) is 29.2 Å². The number of hydrogen-bond donors (Lipinski definition) is 1. The molecular weight excluding hydrogens is 434 g/mol. The summed E-state index contributed by atoms with van der Waals surface area (Å²) >= 11 is 10.9. The molecule has 0 saturated carbocycles. The molecule has 4 rings (SSSR count). The fourth-order valence-corrected chi connectivity index (χ4v) is 4.67. The average Bonchev–Trinajstić information content (AvgIpc) is 3.12. The van der Waals surface area contributed by atoms with Crippen LogP contribution in [0.2, 0.25) is 5.02 Å². The zero-order valence-electron chi connectivity index (χ0n) is 14.3. The number of halogens is 2. The Bertz CT molecular complexity index is 1080. The first-order valence-corrected chi connectivity index (χ1v) is 10.6. The van der Waals surface area contributed by atoms with Crippen molar-refractivity contribution in [2.45, 2.75) is 31.8 Å². The first-order valence-electron chi connectivity index (χ1n) is 8.36. The molecule has 28 heavy (non-hydrogen) atoms. The van der Waals surface area contributed by atoms with E-state index in [0.29, 0.717) is 29.2 Å². The van der Waals surface area contributed by atoms with E-state index in [1.807, 2.05) is 0 Å². The van der Waals surface area contributed by atoms with E-state index in [0.717, 1.165) is 6.20 Å². The minimum atomic E-state index is -3.79. The second-order valence-electron chi connectivity index (χ2n) is 6.29. The molecule has 1 fully saturated rings. The molecule has 0 amide bonds. The highest BCUT2D eigenvalue weighted by molar-refractivity contribution is 7.71. The van der Waals surface area contributed by atoms with E-state index in [1.54, 1.807) is 18.2 Å². The molecule has 2 aliphatic rings. The Morgan fingerprint density at radius 2 is 2.25 bits per heavy atom. The molecule has 1 aromatic heterocycles. The maximum Gasteiger partial charge on any atom is 0.530 e. The molecule has 3 unspecified atom stereocenters. The van der Waals surface area contributed by atoms with Crippen molar-refractivity contribution in [3.8, 4) is 5.75 Å². The van der Waals surface area contributed by atoms with Crippen LogP contribution in [0, 0.1) is 10.6 Å². The number of fused-ring (bicyclic) bond motifs is 1. The lowest BCUT2D eigenvalue weighted by Gasteiger charge is -2.25. The Kier molecular flexibility index (Phi) is 5.43. The van der Waals surface area contributed by atoms with E-state index >= 15 is 0 Å². The van der Waals surface area contributed by atoms with Gasteiger partial charge >= 0.3 is 7.82 Å². The Balaban J connectivity index is 1.38. The molecule has 0 spiro atoms. The zero-order valence-corrected chi connectivity index (χ0v) is 16.8. The highest BCUT2D eigenvalue weighted by Gasteiger charge is 2.37. The van der Waals surface area contributed by atoms with Crippen LogP contribution in [-0.4, -0.2) is 22.3 Å². The normalized spacial score (nSPS) is 26.6. The molecule has 1 aromatic carbocycles. The predicted molar refractivity (Wildman–Crippen MR) is 99.4 cm³/mol. The highest BCUT2D eigenvalue weighted by Crippen LogP contribution is 2.55. The molecule has 2 aliphatic heterocycles. The van der Waals surface area contributed by atoms with Crippen LogP contribution < -0.4 is 10.1 Å². The predicted octanol–water partition coefficient (Wildman–Crippen LogP) is 4.11. The van der Waals surface area contributed by atoms with Gasteiger partial charge in [-0.05, 0) is 43.3 Å². The Hall–Kier alpha value is -1.55. The van der Waals surface area contributed by atoms with E-state index in [2.05, 4.69) is 4.98 Å². The molecule has 1 saturated heterocycles. The molecule has 2 aromatic rings. The monoisotopic (exact) mass is 448 g/mol. The smallest absolute Gasteiger partial charge is 0.404 e. The summed E-state index contributed by atoms with van der Waals surface area (Å²) in [4.78, 5) is 13.5. The van der Waals surface area contributed by atoms with Crippen LogP contribution in [0.5, 0.6) is 5.75 Å². The quantitative estimate of drug-likeness (QED) is 0.556. The van der Waals surface area contributed by atoms with Gasteiger partial charge in [0.05, 0.1) is 25.5 Å². The minimum Gasteiger partial charge on any atom is -0.404 e. The zero-order chi connectivity index (χ0) is 19.9. The van der Waals surface area contributed by atoms with Crippen LogP contribution in [-0.2, 0) is 25.0 Å². The van der Waals surface area contributed by atoms with Gasteiger partial charge in [-0.2, -0.15) is 4.39 Å². The van der Waals surface area contributed by atoms with Gasteiger partial charge in [0.2, 0.25) is 5.82 Å². The van der Waals surface area contributed by atoms with E-state index in [1.165, 1.54) is 4.57 Å². The number of H-pyrrole nitrogens is 1. The summed E-state index contributed by atoms with van der Waals surface area (Å²) in [6, 6.07) is 4.89. The van der Waals surface area contributed by atoms with Gasteiger partial charge in [0, 0.05) is 10.6 Å². The van der Waals surface area contributed by atoms with Crippen molar-refractivity contribution in [1.82, 2.24) is 9.55 Å². The van der Waals surface area contributed by atoms with Gasteiger partial charge in [-0.15, -0.1) is 0 Å². The second-order valence-corrected chi connectivity index (χ2v) is 8.71. The number of aromatic amines is 1. The third-order valence-corrected chi connectivity index (χ3v) is 6.23. The number of aromatic nitrogens is 2. The maximum absolute atomic E-state index is 13.5. The number of benzene rings is 1. The number of hydrogen-bond acceptors (Lipinski definition) is 7. The molecule has 1 N–H and O–H groups in total. The molecular formula is C16H15ClFN2O6PS. The van der Waals surface area contributed by atoms with E-state index in [4.69, 9.17) is 42.1 Å². The number of phosphoric acid groups is 1. The number of nitrogens with one attached hydrogen (secondary N) is 1. The summed E-state index contributed by atoms with van der Waals surface area (Å²) in [5.74, 6) is -0.566. The molecule has 0 radical (unpaired) electrons. The van der Waals surface area contributed by atoms with Gasteiger partial charge in [0.1, 0.15) is 12.0 Å². The van der Waals surface area contributed by atoms with Crippen molar-refractivity contribution >= 4 is 31.6 Å². The molecule has 3 atom stereocenters. The second kappa shape index (κ2) is 7.70. The van der Waals surface area contributed by atoms with E-state index in [9.17, 15) is 13.8 Å². The summed E-state index contributed by atoms with van der Waals surface area (Å²) in [6.07, 6.45) is 1.09. The lowest BCUT2D eigenvalue weighted by Crippen LogP contribution is -2.22. The first-order chi connectivity index (χ1) is 13.3. The Labute approximate surface area is 168 Å². The average molecular weight is 449 g/mol. The van der Waals surface area contributed by atoms with Crippen molar-refractivity contribution in [3.05, 3.63) is 55.9 Å². The number of phosphoric ester groups is 1. The van der Waals surface area contributed by atoms with Gasteiger partial charge in [-0.3, -0.25) is 23.4 Å². The Morgan fingerprint density at radius 1 is 1.43 bits per heavy atom. The number of nitrogens with zero attached hydrogens (tertiary/aromatic N) is 1. The molecule has 8 nitrogen and oxygen atoms in total. The minimum absolute atomic E-state index is 0.0458. The highest BCUT2D eigenvalue weighted by atomic mass is 35.5. The van der Waals surface area contributed by atoms with Crippen molar-refractivity contribution in [2.75, 3.05) is 6.61 Å². The summed E-state index contributed by atoms with van der Waals surface area (Å²) < 4.78 is 49.4. The van der Waals surface area contributed by atoms with Crippen molar-refractivity contribution < 1.29 is 27.3 Å². The molecule has 0 aliphatic carbocycles. The SMILES string of the molecule is O=c1[nH]c(=S)n(C2CCC(COP3(=O)OCc4cc(Cl)ccc4O3)O2)cc1F. The summed E-state index contributed by atoms with van der Waals surface area (Å²) in [5, 5.41) is 0.520. The summed E-state index contributed by atoms with van der Waals surface area (Å²) in [5.41, 5.74) is -0.209. The van der Waals surface area contributed by atoms with Gasteiger partial charge in [0.25, 0.3) is 5.56 Å². The summed E-state index contributed by atoms with van der Waals surface area (Å²) in [6.45, 7) is 0.00297. The number of ether oxygens (including phenoxy) is 1. The van der Waals surface area contributed by atoms with Gasteiger partial charge in [0.15, 0.2) is 4.77 Å². The van der Waals surface area contributed by atoms with Crippen LogP contribution >= 0.6 is 31.6 Å². The number of rotatable bonds is 4. The maximum atomic E-state index is 13.5. The molecule has 3 heterocycles. The summed E-state index contributed by atoms with van der Waals surface area (Å²) in [7, 11) is -3.79. The fraction of sp³-hybridized carbons (Fsp3) is 0.375. The molecule has 12 heteroatoms. The topological polar surface area (TPSA) is 91.8 Å². The van der Waals surface area contributed by atoms with Gasteiger partial charge in [-0.1, -0.05) is 11.6 Å². The van der Waals surface area contributed by atoms with Gasteiger partial charge in [-0.25, -0.2) is 4.57 Å². The Morgan fingerprint density at radius 3 is 3.07 bits per heavy atom. The standard InChI is InChI=1S/C16H15ClFN2O6PS/c17-10-1-3-13-9(5-10)7-23-27(22,26-13)24-8-11-2-4-14(25-11)20-6-12(18)15(21)19-16(20)28/h1,3,5-6,11,14H,2,4,7-8H2,(H,19,21,28). The third-order valence-electron chi connectivity index (χ3n) is 4.35. The van der Waals surface area contributed by atoms with Crippen LogP contribution in [0.25, 0.3) is 0 Å². The fourth-order valence-electron chi connectivity index (χ4n) is 2.97. The van der Waals surface area contributed by atoms with Crippen molar-refractivity contribution in [1.29, 1.82) is 0 Å². The largest absolute Gasteiger partial charge is 0.530 e. The molecule has 150 valence electrons. The lowest BCUT2D eigenvalue weighted by molar-refractivity contribution is -0.0260. The van der Waals surface area contributed by atoms with Crippen LogP contribution in [0.3, 0.4) is 0 Å². The van der Waals surface area contributed by atoms with E-state index < -0.39 is 31.5 Å². The van der Waals surface area contributed by atoms with Crippen LogP contribution in [0.4, 0.5) is 4.39 Å². The third kappa shape index (κ3) is 4.07. The van der Waals surface area contributed by atoms with Crippen LogP contribution in [0.1, 0.15) is 24.6 Å². The van der Waals surface area contributed by atoms with E-state index in [-0.39, 0.29) is 18.0 Å².